The third-order valence-electron chi connectivity index (χ3n) is 7.84. The Morgan fingerprint density at radius 3 is 2.63 bits per heavy atom. The van der Waals surface area contributed by atoms with E-state index in [0.717, 1.165) is 42.0 Å². The fourth-order valence-electron chi connectivity index (χ4n) is 6.10. The molecule has 0 saturated carbocycles. The molecule has 0 unspecified atom stereocenters. The number of aliphatic hydroxyl groups excluding tert-OH is 1. The van der Waals surface area contributed by atoms with Crippen molar-refractivity contribution >= 4 is 23.3 Å². The lowest BCUT2D eigenvalue weighted by Gasteiger charge is -2.40. The van der Waals surface area contributed by atoms with E-state index in [4.69, 9.17) is 11.6 Å². The van der Waals surface area contributed by atoms with Gasteiger partial charge in [-0.05, 0) is 49.4 Å². The van der Waals surface area contributed by atoms with E-state index >= 15 is 0 Å². The van der Waals surface area contributed by atoms with E-state index in [1.165, 1.54) is 6.33 Å². The molecule has 2 saturated heterocycles. The number of aromatic nitrogens is 2. The summed E-state index contributed by atoms with van der Waals surface area (Å²) in [5.41, 5.74) is 2.71. The van der Waals surface area contributed by atoms with Crippen molar-refractivity contribution in [3.05, 3.63) is 52.4 Å². The smallest absolute Gasteiger partial charge is 0.231 e. The van der Waals surface area contributed by atoms with E-state index < -0.39 is 12.8 Å². The number of aliphatic hydroxyl groups is 1. The van der Waals surface area contributed by atoms with Crippen LogP contribution < -0.4 is 4.90 Å². The Morgan fingerprint density at radius 2 is 1.91 bits per heavy atom. The lowest BCUT2D eigenvalue weighted by Crippen LogP contribution is -2.52. The SMILES string of the molecule is C[C@@H]1C[C@@H](O)c2ncnc(N3CCN(C(=O)[C@@H](c4ccc(Cl)cc4)[C@@H]4CCCN4CCF)CC3)c21. The number of halogens is 2. The highest BCUT2D eigenvalue weighted by Crippen LogP contribution is 2.43. The van der Waals surface area contributed by atoms with Crippen molar-refractivity contribution in [3.63, 3.8) is 0 Å². The van der Waals surface area contributed by atoms with Crippen molar-refractivity contribution < 1.29 is 14.3 Å². The molecule has 0 bridgehead atoms. The monoisotopic (exact) mass is 501 g/mol. The molecule has 5 rings (SSSR count). The Balaban J connectivity index is 1.34. The molecule has 3 heterocycles. The number of carbonyl (C=O) groups excluding carboxylic acids is 1. The number of nitrogens with zero attached hydrogens (tertiary/aromatic N) is 5. The molecule has 0 radical (unpaired) electrons. The van der Waals surface area contributed by atoms with Gasteiger partial charge in [0.15, 0.2) is 0 Å². The average molecular weight is 502 g/mol. The summed E-state index contributed by atoms with van der Waals surface area (Å²) in [5, 5.41) is 11.0. The first-order chi connectivity index (χ1) is 17.0. The van der Waals surface area contributed by atoms with Crippen LogP contribution in [0.25, 0.3) is 0 Å². The molecule has 2 fully saturated rings. The summed E-state index contributed by atoms with van der Waals surface area (Å²) >= 11 is 6.13. The van der Waals surface area contributed by atoms with Crippen molar-refractivity contribution in [2.75, 3.05) is 50.8 Å². The highest BCUT2D eigenvalue weighted by molar-refractivity contribution is 6.30. The van der Waals surface area contributed by atoms with Gasteiger partial charge in [0, 0.05) is 49.4 Å². The second-order valence-corrected chi connectivity index (χ2v) is 10.4. The zero-order valence-corrected chi connectivity index (χ0v) is 20.9. The van der Waals surface area contributed by atoms with Crippen LogP contribution in [-0.2, 0) is 4.79 Å². The minimum atomic E-state index is -0.538. The highest BCUT2D eigenvalue weighted by Gasteiger charge is 2.40. The van der Waals surface area contributed by atoms with Crippen LogP contribution in [0.1, 0.15) is 60.9 Å². The average Bonchev–Trinajstić information content (AvgIpc) is 3.44. The molecule has 1 aromatic carbocycles. The first-order valence-electron chi connectivity index (χ1n) is 12.6. The number of benzene rings is 1. The van der Waals surface area contributed by atoms with Gasteiger partial charge < -0.3 is 14.9 Å². The third-order valence-corrected chi connectivity index (χ3v) is 8.09. The molecular formula is C26H33ClFN5O2. The van der Waals surface area contributed by atoms with E-state index in [1.807, 2.05) is 29.2 Å². The predicted molar refractivity (Wildman–Crippen MR) is 134 cm³/mol. The first-order valence-corrected chi connectivity index (χ1v) is 13.0. The normalized spacial score (nSPS) is 25.7. The molecule has 1 N–H and O–H groups in total. The molecule has 35 heavy (non-hydrogen) atoms. The number of piperazine rings is 1. The van der Waals surface area contributed by atoms with Gasteiger partial charge in [0.1, 0.15) is 18.8 Å². The second-order valence-electron chi connectivity index (χ2n) is 9.92. The molecule has 4 atom stereocenters. The maximum Gasteiger partial charge on any atom is 0.231 e. The molecule has 1 aromatic heterocycles. The van der Waals surface area contributed by atoms with E-state index in [2.05, 4.69) is 26.7 Å². The van der Waals surface area contributed by atoms with Gasteiger partial charge in [-0.2, -0.15) is 0 Å². The molecule has 1 amide bonds. The van der Waals surface area contributed by atoms with Gasteiger partial charge in [-0.1, -0.05) is 30.7 Å². The van der Waals surface area contributed by atoms with E-state index in [0.29, 0.717) is 44.2 Å². The van der Waals surface area contributed by atoms with Gasteiger partial charge in [0.2, 0.25) is 5.91 Å². The van der Waals surface area contributed by atoms with Crippen LogP contribution in [0.5, 0.6) is 0 Å². The van der Waals surface area contributed by atoms with Crippen molar-refractivity contribution in [3.8, 4) is 0 Å². The molecule has 188 valence electrons. The van der Waals surface area contributed by atoms with Gasteiger partial charge in [0.05, 0.1) is 17.7 Å². The summed E-state index contributed by atoms with van der Waals surface area (Å²) in [6.45, 7) is 5.40. The summed E-state index contributed by atoms with van der Waals surface area (Å²) in [6, 6.07) is 7.52. The first kappa shape index (κ1) is 24.4. The van der Waals surface area contributed by atoms with Gasteiger partial charge in [-0.25, -0.2) is 14.4 Å². The van der Waals surface area contributed by atoms with Crippen molar-refractivity contribution in [2.45, 2.75) is 50.2 Å². The summed E-state index contributed by atoms with van der Waals surface area (Å²) in [4.78, 5) is 29.1. The van der Waals surface area contributed by atoms with E-state index in [1.54, 1.807) is 0 Å². The number of fused-ring (bicyclic) bond motifs is 1. The minimum absolute atomic E-state index is 0.00933. The van der Waals surface area contributed by atoms with E-state index in [9.17, 15) is 14.3 Å². The number of rotatable bonds is 6. The van der Waals surface area contributed by atoms with Gasteiger partial charge in [-0.15, -0.1) is 0 Å². The van der Waals surface area contributed by atoms with Crippen LogP contribution in [0, 0.1) is 0 Å². The largest absolute Gasteiger partial charge is 0.387 e. The zero-order valence-electron chi connectivity index (χ0n) is 20.1. The quantitative estimate of drug-likeness (QED) is 0.652. The number of anilines is 1. The second kappa shape index (κ2) is 10.4. The van der Waals surface area contributed by atoms with Crippen molar-refractivity contribution in [1.82, 2.24) is 19.8 Å². The van der Waals surface area contributed by atoms with Gasteiger partial charge in [0.25, 0.3) is 0 Å². The highest BCUT2D eigenvalue weighted by atomic mass is 35.5. The zero-order chi connectivity index (χ0) is 24.5. The molecular weight excluding hydrogens is 469 g/mol. The van der Waals surface area contributed by atoms with Crippen molar-refractivity contribution in [1.29, 1.82) is 0 Å². The Morgan fingerprint density at radius 1 is 1.17 bits per heavy atom. The lowest BCUT2D eigenvalue weighted by atomic mass is 9.88. The Labute approximate surface area is 210 Å². The van der Waals surface area contributed by atoms with E-state index in [-0.39, 0.29) is 23.8 Å². The number of amides is 1. The Hall–Kier alpha value is -2.29. The predicted octanol–water partition coefficient (Wildman–Crippen LogP) is 3.54. The molecule has 3 aliphatic rings. The molecule has 7 nitrogen and oxygen atoms in total. The van der Waals surface area contributed by atoms with Gasteiger partial charge in [-0.3, -0.25) is 9.69 Å². The van der Waals surface area contributed by atoms with Crippen LogP contribution in [-0.4, -0.2) is 82.8 Å². The number of likely N-dealkylation sites (tertiary alicyclic amines) is 1. The Bertz CT molecular complexity index is 1050. The maximum atomic E-state index is 13.9. The van der Waals surface area contributed by atoms with Crippen LogP contribution in [0.15, 0.2) is 30.6 Å². The fraction of sp³-hybridized carbons (Fsp3) is 0.577. The molecule has 1 aliphatic carbocycles. The number of alkyl halides is 1. The topological polar surface area (TPSA) is 72.8 Å². The number of hydrogen-bond donors (Lipinski definition) is 1. The number of hydrogen-bond acceptors (Lipinski definition) is 6. The van der Waals surface area contributed by atoms with Gasteiger partial charge >= 0.3 is 0 Å². The maximum absolute atomic E-state index is 13.9. The minimum Gasteiger partial charge on any atom is -0.387 e. The lowest BCUT2D eigenvalue weighted by molar-refractivity contribution is -0.134. The molecule has 2 aromatic rings. The van der Waals surface area contributed by atoms with Crippen LogP contribution >= 0.6 is 11.6 Å². The van der Waals surface area contributed by atoms with Crippen LogP contribution in [0.4, 0.5) is 10.2 Å². The Kier molecular flexibility index (Phi) is 7.23. The molecule has 0 spiro atoms. The van der Waals surface area contributed by atoms with Crippen molar-refractivity contribution in [2.24, 2.45) is 0 Å². The summed E-state index contributed by atoms with van der Waals surface area (Å²) in [6.07, 6.45) is 3.51. The number of carbonyl (C=O) groups is 1. The fourth-order valence-corrected chi connectivity index (χ4v) is 6.23. The van der Waals surface area contributed by atoms with Crippen LogP contribution in [0.3, 0.4) is 0 Å². The molecule has 9 heteroatoms. The van der Waals surface area contributed by atoms with Crippen LogP contribution in [0.2, 0.25) is 5.02 Å². The third kappa shape index (κ3) is 4.76. The summed E-state index contributed by atoms with van der Waals surface area (Å²) < 4.78 is 13.3. The standard InChI is InChI=1S/C26H33ClFN5O2/c1-17-15-21(34)24-22(17)25(30-16-29-24)32-11-13-33(14-12-32)26(35)23(18-4-6-19(27)7-5-18)20-3-2-9-31(20)10-8-28/h4-7,16-17,20-21,23,34H,2-3,8-15H2,1H3/t17-,20+,21-,23+/m1/s1. The summed E-state index contributed by atoms with van der Waals surface area (Å²) in [7, 11) is 0. The molecule has 2 aliphatic heterocycles. The summed E-state index contributed by atoms with van der Waals surface area (Å²) in [5.74, 6) is 0.838.